The van der Waals surface area contributed by atoms with Gasteiger partial charge in [0.1, 0.15) is 17.8 Å². The second-order valence-corrected chi connectivity index (χ2v) is 6.13. The predicted octanol–water partition coefficient (Wildman–Crippen LogP) is 3.57. The molecule has 0 spiro atoms. The summed E-state index contributed by atoms with van der Waals surface area (Å²) >= 11 is 0. The van der Waals surface area contributed by atoms with Crippen molar-refractivity contribution < 1.29 is 9.21 Å². The van der Waals surface area contributed by atoms with Crippen molar-refractivity contribution in [1.82, 2.24) is 15.0 Å². The average Bonchev–Trinajstić information content (AvgIpc) is 3.31. The Bertz CT molecular complexity index is 1020. The van der Waals surface area contributed by atoms with Gasteiger partial charge < -0.3 is 9.32 Å². The van der Waals surface area contributed by atoms with Crippen LogP contribution in [0, 0.1) is 6.92 Å². The summed E-state index contributed by atoms with van der Waals surface area (Å²) in [4.78, 5) is 14.8. The number of benzene rings is 2. The second kappa shape index (κ2) is 6.84. The van der Waals surface area contributed by atoms with Crippen LogP contribution in [0.15, 0.2) is 71.3 Å². The molecule has 0 aliphatic heterocycles. The molecule has 0 radical (unpaired) electrons. The van der Waals surface area contributed by atoms with Crippen molar-refractivity contribution in [3.05, 3.63) is 78.3 Å². The summed E-state index contributed by atoms with van der Waals surface area (Å²) < 4.78 is 7.06. The van der Waals surface area contributed by atoms with Gasteiger partial charge in [0.05, 0.1) is 18.3 Å². The van der Waals surface area contributed by atoms with Crippen LogP contribution in [0.5, 0.6) is 0 Å². The van der Waals surface area contributed by atoms with Crippen molar-refractivity contribution in [3.63, 3.8) is 0 Å². The highest BCUT2D eigenvalue weighted by Gasteiger charge is 2.19. The first-order valence-electron chi connectivity index (χ1n) is 8.38. The third kappa shape index (κ3) is 3.21. The minimum atomic E-state index is -0.0825. The minimum Gasteiger partial charge on any atom is -0.467 e. The fourth-order valence-corrected chi connectivity index (χ4v) is 2.85. The number of aryl methyl sites for hydroxylation is 1. The van der Waals surface area contributed by atoms with E-state index in [1.165, 1.54) is 0 Å². The summed E-state index contributed by atoms with van der Waals surface area (Å²) in [5.74, 6) is 0.642. The zero-order valence-electron chi connectivity index (χ0n) is 14.4. The summed E-state index contributed by atoms with van der Waals surface area (Å²) in [6.07, 6.45) is 1.61. The fraction of sp³-hybridized carbons (Fsp3) is 0.150. The zero-order valence-corrected chi connectivity index (χ0v) is 14.4. The number of para-hydroxylation sites is 1. The Hall–Kier alpha value is -3.41. The van der Waals surface area contributed by atoms with Gasteiger partial charge in [0.2, 0.25) is 5.91 Å². The van der Waals surface area contributed by atoms with Crippen LogP contribution in [-0.2, 0) is 17.9 Å². The van der Waals surface area contributed by atoms with Gasteiger partial charge in [0, 0.05) is 5.69 Å². The van der Waals surface area contributed by atoms with Crippen LogP contribution >= 0.6 is 0 Å². The summed E-state index contributed by atoms with van der Waals surface area (Å²) in [5.41, 5.74) is 3.57. The van der Waals surface area contributed by atoms with Gasteiger partial charge in [0.25, 0.3) is 0 Å². The van der Waals surface area contributed by atoms with Crippen LogP contribution in [0.3, 0.4) is 0 Å². The lowest BCUT2D eigenvalue weighted by molar-refractivity contribution is -0.119. The molecule has 0 saturated carbocycles. The monoisotopic (exact) mass is 346 g/mol. The molecular formula is C20H18N4O2. The summed E-state index contributed by atoms with van der Waals surface area (Å²) in [6.45, 7) is 2.49. The van der Waals surface area contributed by atoms with Gasteiger partial charge in [-0.05, 0) is 43.3 Å². The lowest BCUT2D eigenvalue weighted by atomic mass is 10.2. The van der Waals surface area contributed by atoms with E-state index in [0.717, 1.165) is 28.0 Å². The number of nitrogens with zero attached hydrogens (tertiary/aromatic N) is 4. The number of hydrogen-bond donors (Lipinski definition) is 0. The van der Waals surface area contributed by atoms with E-state index in [4.69, 9.17) is 4.42 Å². The SMILES string of the molecule is Cc1ccc(N(Cc2ccco2)C(=O)Cn2nnc3ccccc32)cc1. The molecule has 6 heteroatoms. The van der Waals surface area contributed by atoms with Crippen LogP contribution in [0.2, 0.25) is 0 Å². The number of hydrogen-bond acceptors (Lipinski definition) is 4. The van der Waals surface area contributed by atoms with Gasteiger partial charge in [-0.2, -0.15) is 0 Å². The molecule has 0 fully saturated rings. The minimum absolute atomic E-state index is 0.0825. The Kier molecular flexibility index (Phi) is 4.23. The molecule has 0 aliphatic carbocycles. The Morgan fingerprint density at radius 3 is 2.65 bits per heavy atom. The lowest BCUT2D eigenvalue weighted by Gasteiger charge is -2.22. The van der Waals surface area contributed by atoms with E-state index in [1.54, 1.807) is 15.8 Å². The third-order valence-corrected chi connectivity index (χ3v) is 4.25. The van der Waals surface area contributed by atoms with Gasteiger partial charge in [-0.15, -0.1) is 5.10 Å². The molecule has 0 bridgehead atoms. The maximum atomic E-state index is 13.1. The first kappa shape index (κ1) is 16.1. The molecule has 0 aliphatic rings. The number of fused-ring (bicyclic) bond motifs is 1. The quantitative estimate of drug-likeness (QED) is 0.554. The number of anilines is 1. The van der Waals surface area contributed by atoms with Crippen molar-refractivity contribution in [1.29, 1.82) is 0 Å². The van der Waals surface area contributed by atoms with Gasteiger partial charge in [0.15, 0.2) is 0 Å². The number of amides is 1. The molecular weight excluding hydrogens is 328 g/mol. The molecule has 2 aromatic heterocycles. The number of carbonyl (C=O) groups excluding carboxylic acids is 1. The van der Waals surface area contributed by atoms with Crippen LogP contribution in [0.1, 0.15) is 11.3 Å². The summed E-state index contributed by atoms with van der Waals surface area (Å²) in [5, 5.41) is 8.23. The predicted molar refractivity (Wildman–Crippen MR) is 98.6 cm³/mol. The third-order valence-electron chi connectivity index (χ3n) is 4.25. The van der Waals surface area contributed by atoms with Crippen molar-refractivity contribution in [2.24, 2.45) is 0 Å². The highest BCUT2D eigenvalue weighted by atomic mass is 16.3. The van der Waals surface area contributed by atoms with E-state index in [-0.39, 0.29) is 12.5 Å². The van der Waals surface area contributed by atoms with Gasteiger partial charge in [-0.1, -0.05) is 35.0 Å². The van der Waals surface area contributed by atoms with Gasteiger partial charge in [-0.25, -0.2) is 4.68 Å². The highest BCUT2D eigenvalue weighted by molar-refractivity contribution is 5.93. The molecule has 26 heavy (non-hydrogen) atoms. The smallest absolute Gasteiger partial charge is 0.249 e. The standard InChI is InChI=1S/C20H18N4O2/c1-15-8-10-16(11-9-15)23(13-17-5-4-12-26-17)20(25)14-24-19-7-3-2-6-18(19)21-22-24/h2-12H,13-14H2,1H3. The topological polar surface area (TPSA) is 64.2 Å². The molecule has 4 aromatic rings. The molecule has 1 amide bonds. The number of rotatable bonds is 5. The van der Waals surface area contributed by atoms with Crippen molar-refractivity contribution in [2.45, 2.75) is 20.0 Å². The van der Waals surface area contributed by atoms with Crippen molar-refractivity contribution >= 4 is 22.6 Å². The van der Waals surface area contributed by atoms with E-state index >= 15 is 0 Å². The maximum Gasteiger partial charge on any atom is 0.249 e. The molecule has 0 atom stereocenters. The molecule has 0 N–H and O–H groups in total. The largest absolute Gasteiger partial charge is 0.467 e. The lowest BCUT2D eigenvalue weighted by Crippen LogP contribution is -2.33. The van der Waals surface area contributed by atoms with E-state index in [9.17, 15) is 4.79 Å². The Balaban J connectivity index is 1.64. The van der Waals surface area contributed by atoms with Crippen LogP contribution in [0.4, 0.5) is 5.69 Å². The molecule has 130 valence electrons. The van der Waals surface area contributed by atoms with Crippen LogP contribution in [0.25, 0.3) is 11.0 Å². The molecule has 0 saturated heterocycles. The fourth-order valence-electron chi connectivity index (χ4n) is 2.85. The van der Waals surface area contributed by atoms with E-state index in [1.807, 2.05) is 67.6 Å². The first-order chi connectivity index (χ1) is 12.7. The molecule has 4 rings (SSSR count). The Labute approximate surface area is 150 Å². The summed E-state index contributed by atoms with van der Waals surface area (Å²) in [7, 11) is 0. The first-order valence-corrected chi connectivity index (χ1v) is 8.38. The van der Waals surface area contributed by atoms with E-state index < -0.39 is 0 Å². The van der Waals surface area contributed by atoms with Crippen LogP contribution in [-0.4, -0.2) is 20.9 Å². The van der Waals surface area contributed by atoms with E-state index in [2.05, 4.69) is 10.3 Å². The van der Waals surface area contributed by atoms with Crippen molar-refractivity contribution in [2.75, 3.05) is 4.90 Å². The normalized spacial score (nSPS) is 11.0. The number of furan rings is 1. The van der Waals surface area contributed by atoms with Gasteiger partial charge >= 0.3 is 0 Å². The molecule has 6 nitrogen and oxygen atoms in total. The highest BCUT2D eigenvalue weighted by Crippen LogP contribution is 2.20. The molecule has 2 heterocycles. The number of aromatic nitrogens is 3. The van der Waals surface area contributed by atoms with Crippen molar-refractivity contribution in [3.8, 4) is 0 Å². The Morgan fingerprint density at radius 2 is 1.88 bits per heavy atom. The molecule has 0 unspecified atom stereocenters. The maximum absolute atomic E-state index is 13.1. The average molecular weight is 346 g/mol. The Morgan fingerprint density at radius 1 is 1.08 bits per heavy atom. The number of carbonyl (C=O) groups is 1. The zero-order chi connectivity index (χ0) is 17.9. The van der Waals surface area contributed by atoms with E-state index in [0.29, 0.717) is 6.54 Å². The van der Waals surface area contributed by atoms with Crippen LogP contribution < -0.4 is 4.90 Å². The molecule has 2 aromatic carbocycles. The van der Waals surface area contributed by atoms with Gasteiger partial charge in [-0.3, -0.25) is 4.79 Å². The second-order valence-electron chi connectivity index (χ2n) is 6.13. The summed E-state index contributed by atoms with van der Waals surface area (Å²) in [6, 6.07) is 19.1.